The molecule has 0 radical (unpaired) electrons. The third kappa shape index (κ3) is 4.61. The molecule has 0 aromatic heterocycles. The lowest BCUT2D eigenvalue weighted by molar-refractivity contribution is 0.309. The minimum atomic E-state index is 0.579. The van der Waals surface area contributed by atoms with E-state index in [1.165, 1.54) is 6.21 Å². The predicted molar refractivity (Wildman–Crippen MR) is 38.0 cm³/mol. The van der Waals surface area contributed by atoms with Gasteiger partial charge in [-0.3, -0.25) is 0 Å². The van der Waals surface area contributed by atoms with Crippen LogP contribution in [-0.2, 0) is 4.74 Å². The van der Waals surface area contributed by atoms with E-state index in [4.69, 9.17) is 10.6 Å². The fraction of sp³-hybridized carbons (Fsp3) is 0.167. The summed E-state index contributed by atoms with van der Waals surface area (Å²) in [5.74, 6) is 5.38. The van der Waals surface area contributed by atoms with Gasteiger partial charge in [0.05, 0.1) is 7.11 Å². The second-order valence-corrected chi connectivity index (χ2v) is 1.33. The maximum absolute atomic E-state index is 4.80. The molecule has 3 heteroatoms. The molecule has 0 aliphatic carbocycles. The van der Waals surface area contributed by atoms with Gasteiger partial charge in [0.25, 0.3) is 0 Å². The van der Waals surface area contributed by atoms with Crippen LogP contribution in [0.5, 0.6) is 0 Å². The highest BCUT2D eigenvalue weighted by molar-refractivity contribution is 5.71. The van der Waals surface area contributed by atoms with E-state index in [9.17, 15) is 0 Å². The van der Waals surface area contributed by atoms with Crippen molar-refractivity contribution in [2.24, 2.45) is 10.9 Å². The molecule has 0 fully saturated rings. The number of hydrazone groups is 1. The molecule has 0 spiro atoms. The first kappa shape index (κ1) is 7.75. The molecule has 0 aromatic rings. The Morgan fingerprint density at radius 1 is 1.78 bits per heavy atom. The van der Waals surface area contributed by atoms with Crippen molar-refractivity contribution in [3.8, 4) is 0 Å². The first-order valence-corrected chi connectivity index (χ1v) is 2.44. The van der Waals surface area contributed by atoms with Gasteiger partial charge in [-0.1, -0.05) is 6.58 Å². The Morgan fingerprint density at radius 2 is 2.44 bits per heavy atom. The maximum atomic E-state index is 4.80. The fourth-order valence-corrected chi connectivity index (χ4v) is 0.268. The van der Waals surface area contributed by atoms with Gasteiger partial charge in [-0.25, -0.2) is 0 Å². The Bertz CT molecular complexity index is 138. The number of allylic oxidation sites excluding steroid dienone is 2. The first-order valence-electron chi connectivity index (χ1n) is 2.44. The average molecular weight is 126 g/mol. The van der Waals surface area contributed by atoms with Gasteiger partial charge in [0.1, 0.15) is 5.76 Å². The second-order valence-electron chi connectivity index (χ2n) is 1.33. The predicted octanol–water partition coefficient (Wildman–Crippen LogP) is 0.647. The van der Waals surface area contributed by atoms with E-state index in [1.807, 2.05) is 0 Å². The van der Waals surface area contributed by atoms with Gasteiger partial charge in [-0.2, -0.15) is 5.10 Å². The highest BCUT2D eigenvalue weighted by Gasteiger charge is 1.76. The monoisotopic (exact) mass is 126 g/mol. The Hall–Kier alpha value is -1.25. The lowest BCUT2D eigenvalue weighted by atomic mass is 10.5. The van der Waals surface area contributed by atoms with Crippen molar-refractivity contribution < 1.29 is 4.74 Å². The van der Waals surface area contributed by atoms with Gasteiger partial charge in [0.15, 0.2) is 0 Å². The number of hydrogen-bond acceptors (Lipinski definition) is 3. The average Bonchev–Trinajstić information content (AvgIpc) is 1.89. The van der Waals surface area contributed by atoms with Gasteiger partial charge in [0, 0.05) is 6.21 Å². The fourth-order valence-electron chi connectivity index (χ4n) is 0.268. The molecule has 2 N–H and O–H groups in total. The molecule has 0 saturated carbocycles. The van der Waals surface area contributed by atoms with Gasteiger partial charge in [-0.15, -0.1) is 0 Å². The van der Waals surface area contributed by atoms with E-state index < -0.39 is 0 Å². The van der Waals surface area contributed by atoms with E-state index in [2.05, 4.69) is 11.7 Å². The minimum absolute atomic E-state index is 0.579. The van der Waals surface area contributed by atoms with Crippen molar-refractivity contribution in [1.29, 1.82) is 0 Å². The van der Waals surface area contributed by atoms with Crippen molar-refractivity contribution in [2.45, 2.75) is 0 Å². The number of methoxy groups -OCH3 is 1. The first-order chi connectivity index (χ1) is 4.31. The summed E-state index contributed by atoms with van der Waals surface area (Å²) in [6.07, 6.45) is 4.76. The van der Waals surface area contributed by atoms with Crippen LogP contribution in [0.15, 0.2) is 29.6 Å². The normalized spacial score (nSPS) is 10.8. The molecule has 9 heavy (non-hydrogen) atoms. The number of rotatable bonds is 3. The third-order valence-corrected chi connectivity index (χ3v) is 0.716. The Kier molecular flexibility index (Phi) is 4.22. The molecule has 0 rings (SSSR count). The molecule has 0 saturated heterocycles. The summed E-state index contributed by atoms with van der Waals surface area (Å²) in [5.41, 5.74) is 0. The highest BCUT2D eigenvalue weighted by atomic mass is 16.5. The maximum Gasteiger partial charge on any atom is 0.111 e. The summed E-state index contributed by atoms with van der Waals surface area (Å²) in [6.45, 7) is 3.53. The third-order valence-electron chi connectivity index (χ3n) is 0.716. The van der Waals surface area contributed by atoms with Crippen LogP contribution in [0, 0.1) is 0 Å². The largest absolute Gasteiger partial charge is 0.497 e. The minimum Gasteiger partial charge on any atom is -0.497 e. The van der Waals surface area contributed by atoms with Gasteiger partial charge < -0.3 is 10.6 Å². The zero-order valence-corrected chi connectivity index (χ0v) is 5.37. The topological polar surface area (TPSA) is 47.6 Å². The molecule has 0 aliphatic heterocycles. The number of nitrogens with two attached hydrogens (primary N) is 1. The van der Waals surface area contributed by atoms with E-state index in [0.717, 1.165) is 0 Å². The number of ether oxygens (including phenoxy) is 1. The van der Waals surface area contributed by atoms with Crippen LogP contribution in [0.1, 0.15) is 0 Å². The quantitative estimate of drug-likeness (QED) is 0.198. The molecule has 0 heterocycles. The summed E-state index contributed by atoms with van der Waals surface area (Å²) in [5, 5.41) is 3.23. The SMILES string of the molecule is C=C(/C=C\C=N/N)OC. The Balaban J connectivity index is 3.57. The molecule has 0 aliphatic rings. The smallest absolute Gasteiger partial charge is 0.111 e. The number of hydrogen-bond donors (Lipinski definition) is 1. The molecule has 0 amide bonds. The molecule has 3 nitrogen and oxygen atoms in total. The van der Waals surface area contributed by atoms with E-state index >= 15 is 0 Å². The Morgan fingerprint density at radius 3 is 2.89 bits per heavy atom. The molecule has 0 aromatic carbocycles. The Labute approximate surface area is 54.5 Å². The van der Waals surface area contributed by atoms with Crippen molar-refractivity contribution in [3.05, 3.63) is 24.5 Å². The van der Waals surface area contributed by atoms with Gasteiger partial charge in [0.2, 0.25) is 0 Å². The molecule has 0 unspecified atom stereocenters. The molecule has 0 bridgehead atoms. The zero-order chi connectivity index (χ0) is 7.11. The van der Waals surface area contributed by atoms with E-state index in [1.54, 1.807) is 19.3 Å². The van der Waals surface area contributed by atoms with E-state index in [0.29, 0.717) is 5.76 Å². The molecule has 50 valence electrons. The van der Waals surface area contributed by atoms with Crippen LogP contribution < -0.4 is 5.84 Å². The summed E-state index contributed by atoms with van der Waals surface area (Å²) in [4.78, 5) is 0. The van der Waals surface area contributed by atoms with Crippen molar-refractivity contribution in [2.75, 3.05) is 7.11 Å². The standard InChI is InChI=1S/C6H10N2O/c1-6(9-2)4-3-5-8-7/h3-5H,1,7H2,2H3/b4-3-,8-5-. The zero-order valence-electron chi connectivity index (χ0n) is 5.37. The molecule has 0 atom stereocenters. The molecular formula is C6H10N2O. The van der Waals surface area contributed by atoms with Gasteiger partial charge in [-0.05, 0) is 12.2 Å². The lowest BCUT2D eigenvalue weighted by Gasteiger charge is -1.92. The highest BCUT2D eigenvalue weighted by Crippen LogP contribution is 1.89. The lowest BCUT2D eigenvalue weighted by Crippen LogP contribution is -1.80. The van der Waals surface area contributed by atoms with Gasteiger partial charge >= 0.3 is 0 Å². The van der Waals surface area contributed by atoms with Crippen LogP contribution in [0.4, 0.5) is 0 Å². The summed E-state index contributed by atoms with van der Waals surface area (Å²) in [7, 11) is 1.55. The summed E-state index contributed by atoms with van der Waals surface area (Å²) >= 11 is 0. The number of nitrogens with zero attached hydrogens (tertiary/aromatic N) is 1. The van der Waals surface area contributed by atoms with Crippen LogP contribution in [0.3, 0.4) is 0 Å². The van der Waals surface area contributed by atoms with Crippen molar-refractivity contribution in [1.82, 2.24) is 0 Å². The van der Waals surface area contributed by atoms with E-state index in [-0.39, 0.29) is 0 Å². The summed E-state index contributed by atoms with van der Waals surface area (Å²) < 4.78 is 4.71. The molecular weight excluding hydrogens is 116 g/mol. The van der Waals surface area contributed by atoms with Crippen LogP contribution >= 0.6 is 0 Å². The second kappa shape index (κ2) is 4.90. The van der Waals surface area contributed by atoms with Crippen molar-refractivity contribution >= 4 is 6.21 Å². The summed E-state index contributed by atoms with van der Waals surface area (Å²) in [6, 6.07) is 0. The van der Waals surface area contributed by atoms with Crippen LogP contribution in [-0.4, -0.2) is 13.3 Å². The van der Waals surface area contributed by atoms with Crippen LogP contribution in [0.25, 0.3) is 0 Å². The van der Waals surface area contributed by atoms with Crippen molar-refractivity contribution in [3.63, 3.8) is 0 Å². The van der Waals surface area contributed by atoms with Crippen LogP contribution in [0.2, 0.25) is 0 Å².